The predicted molar refractivity (Wildman–Crippen MR) is 70.4 cm³/mol. The Morgan fingerprint density at radius 1 is 1.33 bits per heavy atom. The molecular weight excluding hydrogens is 252 g/mol. The molecule has 1 aliphatic rings. The van der Waals surface area contributed by atoms with E-state index in [0.717, 1.165) is 24.2 Å². The first-order chi connectivity index (χ1) is 8.69. The van der Waals surface area contributed by atoms with Crippen LogP contribution in [-0.2, 0) is 16.1 Å². The molecule has 1 heterocycles. The zero-order chi connectivity index (χ0) is 13.0. The molecule has 5 heteroatoms. The average molecular weight is 267 g/mol. The van der Waals surface area contributed by atoms with Crippen LogP contribution in [0.4, 0.5) is 5.69 Å². The Labute approximate surface area is 111 Å². The number of amides is 2. The number of hydrogen-bond acceptors (Lipinski definition) is 2. The van der Waals surface area contributed by atoms with Crippen molar-refractivity contribution in [1.82, 2.24) is 4.90 Å². The van der Waals surface area contributed by atoms with Crippen molar-refractivity contribution in [3.05, 3.63) is 29.8 Å². The molecule has 2 rings (SSSR count). The Kier molecular flexibility index (Phi) is 4.20. The minimum absolute atomic E-state index is 0.0516. The fraction of sp³-hybridized carbons (Fsp3) is 0.385. The summed E-state index contributed by atoms with van der Waals surface area (Å²) >= 11 is 5.41. The molecule has 0 spiro atoms. The molecule has 0 aromatic heterocycles. The van der Waals surface area contributed by atoms with E-state index in [-0.39, 0.29) is 17.7 Å². The second kappa shape index (κ2) is 5.87. The summed E-state index contributed by atoms with van der Waals surface area (Å²) in [7, 11) is 0. The lowest BCUT2D eigenvalue weighted by Crippen LogP contribution is -2.23. The van der Waals surface area contributed by atoms with E-state index in [1.165, 1.54) is 0 Å². The van der Waals surface area contributed by atoms with E-state index in [2.05, 4.69) is 5.32 Å². The quantitative estimate of drug-likeness (QED) is 0.848. The molecular formula is C13H15ClN2O2. The van der Waals surface area contributed by atoms with Crippen molar-refractivity contribution in [3.63, 3.8) is 0 Å². The lowest BCUT2D eigenvalue weighted by molar-refractivity contribution is -0.128. The zero-order valence-corrected chi connectivity index (χ0v) is 10.7. The molecule has 1 N–H and O–H groups in total. The van der Waals surface area contributed by atoms with Gasteiger partial charge in [-0.15, -0.1) is 11.6 Å². The summed E-state index contributed by atoms with van der Waals surface area (Å²) < 4.78 is 0. The van der Waals surface area contributed by atoms with Crippen LogP contribution in [0, 0.1) is 0 Å². The van der Waals surface area contributed by atoms with Gasteiger partial charge in [-0.1, -0.05) is 12.1 Å². The lowest BCUT2D eigenvalue weighted by Gasteiger charge is -2.15. The number of anilines is 1. The van der Waals surface area contributed by atoms with Crippen molar-refractivity contribution in [2.75, 3.05) is 17.7 Å². The summed E-state index contributed by atoms with van der Waals surface area (Å²) in [5.41, 5.74) is 1.78. The van der Waals surface area contributed by atoms with Crippen LogP contribution in [0.5, 0.6) is 0 Å². The third-order valence-electron chi connectivity index (χ3n) is 2.90. The first-order valence-corrected chi connectivity index (χ1v) is 6.45. The van der Waals surface area contributed by atoms with Crippen LogP contribution in [0.3, 0.4) is 0 Å². The maximum absolute atomic E-state index is 11.5. The Hall–Kier alpha value is -1.55. The highest BCUT2D eigenvalue weighted by Crippen LogP contribution is 2.16. The maximum Gasteiger partial charge on any atom is 0.239 e. The number of likely N-dealkylation sites (tertiary alicyclic amines) is 1. The van der Waals surface area contributed by atoms with Crippen molar-refractivity contribution in [3.8, 4) is 0 Å². The second-order valence-electron chi connectivity index (χ2n) is 4.30. The summed E-state index contributed by atoms with van der Waals surface area (Å²) in [6.07, 6.45) is 1.60. The number of nitrogens with zero attached hydrogens (tertiary/aromatic N) is 1. The molecule has 0 atom stereocenters. The third kappa shape index (κ3) is 3.23. The van der Waals surface area contributed by atoms with Crippen molar-refractivity contribution < 1.29 is 9.59 Å². The van der Waals surface area contributed by atoms with E-state index < -0.39 is 0 Å². The van der Waals surface area contributed by atoms with E-state index in [1.54, 1.807) is 0 Å². The van der Waals surface area contributed by atoms with Crippen molar-refractivity contribution in [2.45, 2.75) is 19.4 Å². The normalized spacial score (nSPS) is 14.9. The maximum atomic E-state index is 11.5. The smallest absolute Gasteiger partial charge is 0.239 e. The molecule has 96 valence electrons. The molecule has 0 radical (unpaired) electrons. The lowest BCUT2D eigenvalue weighted by atomic mass is 10.2. The molecule has 18 heavy (non-hydrogen) atoms. The Balaban J connectivity index is 1.95. The molecule has 1 aliphatic heterocycles. The van der Waals surface area contributed by atoms with Crippen LogP contribution in [0.2, 0.25) is 0 Å². The van der Waals surface area contributed by atoms with E-state index in [9.17, 15) is 9.59 Å². The van der Waals surface area contributed by atoms with Crippen LogP contribution in [0.25, 0.3) is 0 Å². The number of alkyl halides is 1. The van der Waals surface area contributed by atoms with Gasteiger partial charge in [0.25, 0.3) is 0 Å². The number of carbonyl (C=O) groups is 2. The third-order valence-corrected chi connectivity index (χ3v) is 3.15. The fourth-order valence-corrected chi connectivity index (χ4v) is 2.05. The van der Waals surface area contributed by atoms with Crippen molar-refractivity contribution in [1.29, 1.82) is 0 Å². The summed E-state index contributed by atoms with van der Waals surface area (Å²) in [6.45, 7) is 1.48. The standard InChI is InChI=1S/C13H15ClN2O2/c14-8-12(17)15-11-5-3-10(4-6-11)9-16-7-1-2-13(16)18/h3-6H,1-2,7-9H2,(H,15,17). The van der Waals surface area contributed by atoms with Gasteiger partial charge in [-0.05, 0) is 24.1 Å². The van der Waals surface area contributed by atoms with Crippen LogP contribution < -0.4 is 5.32 Å². The van der Waals surface area contributed by atoms with Gasteiger partial charge in [0, 0.05) is 25.2 Å². The van der Waals surface area contributed by atoms with Crippen molar-refractivity contribution in [2.24, 2.45) is 0 Å². The molecule has 2 amide bonds. The monoisotopic (exact) mass is 266 g/mol. The number of benzene rings is 1. The number of halogens is 1. The minimum atomic E-state index is -0.223. The Morgan fingerprint density at radius 2 is 2.06 bits per heavy atom. The van der Waals surface area contributed by atoms with Crippen LogP contribution in [0.15, 0.2) is 24.3 Å². The molecule has 1 aromatic rings. The van der Waals surface area contributed by atoms with Gasteiger partial charge in [0.1, 0.15) is 5.88 Å². The number of nitrogens with one attached hydrogen (secondary N) is 1. The molecule has 0 aliphatic carbocycles. The second-order valence-corrected chi connectivity index (χ2v) is 4.56. The van der Waals surface area contributed by atoms with Gasteiger partial charge in [0.2, 0.25) is 11.8 Å². The van der Waals surface area contributed by atoms with Crippen LogP contribution >= 0.6 is 11.6 Å². The first kappa shape index (κ1) is 12.9. The van der Waals surface area contributed by atoms with Gasteiger partial charge in [-0.2, -0.15) is 0 Å². The number of rotatable bonds is 4. The van der Waals surface area contributed by atoms with Gasteiger partial charge in [0.05, 0.1) is 0 Å². The average Bonchev–Trinajstić information content (AvgIpc) is 2.77. The number of hydrogen-bond donors (Lipinski definition) is 1. The zero-order valence-electron chi connectivity index (χ0n) is 9.99. The summed E-state index contributed by atoms with van der Waals surface area (Å²) in [4.78, 5) is 24.4. The molecule has 0 unspecified atom stereocenters. The summed E-state index contributed by atoms with van der Waals surface area (Å²) in [5, 5.41) is 2.67. The van der Waals surface area contributed by atoms with Gasteiger partial charge in [0.15, 0.2) is 0 Å². The van der Waals surface area contributed by atoms with Gasteiger partial charge in [-0.3, -0.25) is 9.59 Å². The highest BCUT2D eigenvalue weighted by molar-refractivity contribution is 6.29. The largest absolute Gasteiger partial charge is 0.338 e. The van der Waals surface area contributed by atoms with Crippen LogP contribution in [0.1, 0.15) is 18.4 Å². The van der Waals surface area contributed by atoms with Crippen LogP contribution in [-0.4, -0.2) is 29.1 Å². The first-order valence-electron chi connectivity index (χ1n) is 5.91. The summed E-state index contributed by atoms with van der Waals surface area (Å²) in [6, 6.07) is 7.46. The van der Waals surface area contributed by atoms with E-state index >= 15 is 0 Å². The molecule has 1 saturated heterocycles. The van der Waals surface area contributed by atoms with Gasteiger partial charge >= 0.3 is 0 Å². The van der Waals surface area contributed by atoms with E-state index in [1.807, 2.05) is 29.2 Å². The minimum Gasteiger partial charge on any atom is -0.338 e. The fourth-order valence-electron chi connectivity index (χ4n) is 1.98. The van der Waals surface area contributed by atoms with Gasteiger partial charge < -0.3 is 10.2 Å². The molecule has 0 bridgehead atoms. The molecule has 1 aromatic carbocycles. The molecule has 0 saturated carbocycles. The highest BCUT2D eigenvalue weighted by atomic mass is 35.5. The number of carbonyl (C=O) groups excluding carboxylic acids is 2. The van der Waals surface area contributed by atoms with Crippen molar-refractivity contribution >= 4 is 29.1 Å². The molecule has 1 fully saturated rings. The Bertz CT molecular complexity index is 445. The topological polar surface area (TPSA) is 49.4 Å². The van der Waals surface area contributed by atoms with E-state index in [0.29, 0.717) is 13.0 Å². The molecule has 4 nitrogen and oxygen atoms in total. The summed E-state index contributed by atoms with van der Waals surface area (Å²) in [5.74, 6) is -0.0574. The predicted octanol–water partition coefficient (Wildman–Crippen LogP) is 1.99. The van der Waals surface area contributed by atoms with E-state index in [4.69, 9.17) is 11.6 Å². The SMILES string of the molecule is O=C(CCl)Nc1ccc(CN2CCCC2=O)cc1. The Morgan fingerprint density at radius 3 is 2.61 bits per heavy atom. The highest BCUT2D eigenvalue weighted by Gasteiger charge is 2.19. The van der Waals surface area contributed by atoms with Gasteiger partial charge in [-0.25, -0.2) is 0 Å².